The molecule has 0 radical (unpaired) electrons. The highest BCUT2D eigenvalue weighted by Gasteiger charge is 2.26. The second-order valence-electron chi connectivity index (χ2n) is 7.88. The first-order valence-electron chi connectivity index (χ1n) is 10.2. The molecule has 1 fully saturated rings. The summed E-state index contributed by atoms with van der Waals surface area (Å²) >= 11 is 0. The second kappa shape index (κ2) is 8.25. The van der Waals surface area contributed by atoms with Gasteiger partial charge < -0.3 is 9.84 Å². The zero-order valence-corrected chi connectivity index (χ0v) is 17.3. The smallest absolute Gasteiger partial charge is 0.253 e. The Balaban J connectivity index is 1.42. The van der Waals surface area contributed by atoms with Crippen molar-refractivity contribution in [2.45, 2.75) is 46.2 Å². The first kappa shape index (κ1) is 19.5. The molecule has 1 saturated heterocycles. The number of hydrogen-bond acceptors (Lipinski definition) is 4. The Hall–Kier alpha value is -2.86. The maximum atomic E-state index is 12.9. The maximum Gasteiger partial charge on any atom is 0.253 e. The third kappa shape index (κ3) is 4.12. The highest BCUT2D eigenvalue weighted by Crippen LogP contribution is 2.22. The molecule has 1 N–H and O–H groups in total. The molecule has 29 heavy (non-hydrogen) atoms. The molecule has 2 aromatic heterocycles. The largest absolute Gasteiger partial charge is 0.360 e. The van der Waals surface area contributed by atoms with E-state index in [0.717, 1.165) is 36.7 Å². The zero-order chi connectivity index (χ0) is 20.4. The minimum atomic E-state index is -0.0314. The average Bonchev–Trinajstić information content (AvgIpc) is 3.40. The summed E-state index contributed by atoms with van der Waals surface area (Å²) in [7, 11) is 0. The fraction of sp³-hybridized carbons (Fsp3) is 0.391. The molecule has 1 unspecified atom stereocenters. The predicted molar refractivity (Wildman–Crippen MR) is 112 cm³/mol. The maximum absolute atomic E-state index is 12.9. The van der Waals surface area contributed by atoms with Crippen LogP contribution in [0.3, 0.4) is 0 Å². The van der Waals surface area contributed by atoms with Crippen molar-refractivity contribution in [1.29, 1.82) is 0 Å². The molecule has 4 rings (SSSR count). The third-order valence-corrected chi connectivity index (χ3v) is 5.75. The van der Waals surface area contributed by atoms with Crippen LogP contribution in [0.4, 0.5) is 0 Å². The molecule has 0 spiro atoms. The Labute approximate surface area is 171 Å². The minimum absolute atomic E-state index is 0.0314. The van der Waals surface area contributed by atoms with Gasteiger partial charge in [0, 0.05) is 36.6 Å². The molecule has 1 aromatic carbocycles. The predicted octanol–water partition coefficient (Wildman–Crippen LogP) is 3.78. The van der Waals surface area contributed by atoms with Crippen LogP contribution in [0.2, 0.25) is 0 Å². The molecular weight excluding hydrogens is 364 g/mol. The summed E-state index contributed by atoms with van der Waals surface area (Å²) in [5.74, 6) is 1.43. The normalized spacial score (nSPS) is 17.0. The van der Waals surface area contributed by atoms with Crippen LogP contribution >= 0.6 is 0 Å². The van der Waals surface area contributed by atoms with Crippen molar-refractivity contribution in [1.82, 2.24) is 19.9 Å². The van der Waals surface area contributed by atoms with Crippen LogP contribution in [0.15, 0.2) is 47.0 Å². The monoisotopic (exact) mass is 392 g/mol. The Morgan fingerprint density at radius 3 is 2.72 bits per heavy atom. The number of rotatable bonds is 6. The van der Waals surface area contributed by atoms with E-state index in [1.165, 1.54) is 12.0 Å². The first-order valence-corrected chi connectivity index (χ1v) is 10.2. The van der Waals surface area contributed by atoms with Crippen LogP contribution in [0.5, 0.6) is 0 Å². The van der Waals surface area contributed by atoms with Gasteiger partial charge in [-0.05, 0) is 51.8 Å². The van der Waals surface area contributed by atoms with Crippen molar-refractivity contribution in [3.63, 3.8) is 0 Å². The first-order chi connectivity index (χ1) is 14.0. The lowest BCUT2D eigenvalue weighted by atomic mass is 10.1. The number of carbonyl (C=O) groups is 1. The number of aryl methyl sites for hydroxylation is 2. The van der Waals surface area contributed by atoms with Crippen LogP contribution in [0, 0.1) is 20.8 Å². The molecular formula is C23H28N4O2. The number of benzene rings is 1. The molecule has 1 aliphatic rings. The summed E-state index contributed by atoms with van der Waals surface area (Å²) in [6.07, 6.45) is 2.29. The van der Waals surface area contributed by atoms with E-state index >= 15 is 0 Å². The lowest BCUT2D eigenvalue weighted by molar-refractivity contribution is 0.0939. The molecule has 0 saturated carbocycles. The van der Waals surface area contributed by atoms with E-state index in [1.807, 2.05) is 43.5 Å². The van der Waals surface area contributed by atoms with Gasteiger partial charge in [-0.15, -0.1) is 0 Å². The summed E-state index contributed by atoms with van der Waals surface area (Å²) in [4.78, 5) is 15.4. The van der Waals surface area contributed by atoms with E-state index in [4.69, 9.17) is 4.52 Å². The fourth-order valence-electron chi connectivity index (χ4n) is 4.26. The second-order valence-corrected chi connectivity index (χ2v) is 7.88. The van der Waals surface area contributed by atoms with Gasteiger partial charge in [0.15, 0.2) is 5.82 Å². The summed E-state index contributed by atoms with van der Waals surface area (Å²) in [6, 6.07) is 14.7. The number of amides is 1. The van der Waals surface area contributed by atoms with E-state index in [0.29, 0.717) is 24.0 Å². The molecule has 6 heteroatoms. The average molecular weight is 393 g/mol. The van der Waals surface area contributed by atoms with Gasteiger partial charge in [-0.3, -0.25) is 14.3 Å². The number of aromatic nitrogens is 2. The Morgan fingerprint density at radius 1 is 1.21 bits per heavy atom. The summed E-state index contributed by atoms with van der Waals surface area (Å²) in [5, 5.41) is 7.25. The lowest BCUT2D eigenvalue weighted by Gasteiger charge is -2.24. The quantitative estimate of drug-likeness (QED) is 0.693. The number of nitrogens with one attached hydrogen (secondary N) is 1. The van der Waals surface area contributed by atoms with Gasteiger partial charge in [0.25, 0.3) is 5.91 Å². The molecule has 1 amide bonds. The Kier molecular flexibility index (Phi) is 5.53. The summed E-state index contributed by atoms with van der Waals surface area (Å²) < 4.78 is 7.16. The SMILES string of the molecule is Cc1cc(-n2c(C)cc(C(=O)NCC3CCCN3Cc3ccccc3)c2C)no1. The van der Waals surface area contributed by atoms with Gasteiger partial charge in [0.1, 0.15) is 5.76 Å². The van der Waals surface area contributed by atoms with Crippen molar-refractivity contribution in [3.05, 3.63) is 70.7 Å². The fourth-order valence-corrected chi connectivity index (χ4v) is 4.26. The molecule has 0 aliphatic carbocycles. The van der Waals surface area contributed by atoms with Gasteiger partial charge in [0.2, 0.25) is 0 Å². The summed E-state index contributed by atoms with van der Waals surface area (Å²) in [6.45, 7) is 8.46. The van der Waals surface area contributed by atoms with Gasteiger partial charge in [-0.2, -0.15) is 0 Å². The van der Waals surface area contributed by atoms with Crippen LogP contribution in [-0.4, -0.2) is 39.7 Å². The van der Waals surface area contributed by atoms with E-state index in [1.54, 1.807) is 0 Å². The van der Waals surface area contributed by atoms with Gasteiger partial charge in [0.05, 0.1) is 5.56 Å². The van der Waals surface area contributed by atoms with Crippen LogP contribution in [0.25, 0.3) is 5.82 Å². The van der Waals surface area contributed by atoms with E-state index < -0.39 is 0 Å². The Morgan fingerprint density at radius 2 is 2.00 bits per heavy atom. The lowest BCUT2D eigenvalue weighted by Crippen LogP contribution is -2.39. The number of likely N-dealkylation sites (tertiary alicyclic amines) is 1. The van der Waals surface area contributed by atoms with Crippen molar-refractivity contribution >= 4 is 5.91 Å². The molecule has 152 valence electrons. The van der Waals surface area contributed by atoms with Crippen molar-refractivity contribution in [2.24, 2.45) is 0 Å². The van der Waals surface area contributed by atoms with Gasteiger partial charge >= 0.3 is 0 Å². The number of carbonyl (C=O) groups excluding carboxylic acids is 1. The van der Waals surface area contributed by atoms with E-state index in [9.17, 15) is 4.79 Å². The van der Waals surface area contributed by atoms with Crippen LogP contribution in [0.1, 0.15) is 45.9 Å². The van der Waals surface area contributed by atoms with Crippen molar-refractivity contribution in [2.75, 3.05) is 13.1 Å². The topological polar surface area (TPSA) is 63.3 Å². The van der Waals surface area contributed by atoms with Gasteiger partial charge in [-0.25, -0.2) is 0 Å². The highest BCUT2D eigenvalue weighted by molar-refractivity contribution is 5.95. The van der Waals surface area contributed by atoms with Crippen molar-refractivity contribution < 1.29 is 9.32 Å². The third-order valence-electron chi connectivity index (χ3n) is 5.75. The van der Waals surface area contributed by atoms with Gasteiger partial charge in [-0.1, -0.05) is 35.5 Å². The Bertz CT molecular complexity index is 990. The van der Waals surface area contributed by atoms with Crippen LogP contribution in [-0.2, 0) is 6.54 Å². The zero-order valence-electron chi connectivity index (χ0n) is 17.3. The molecule has 1 aliphatic heterocycles. The summed E-state index contributed by atoms with van der Waals surface area (Å²) in [5.41, 5.74) is 3.85. The van der Waals surface area contributed by atoms with Crippen molar-refractivity contribution in [3.8, 4) is 5.82 Å². The van der Waals surface area contributed by atoms with Crippen LogP contribution < -0.4 is 5.32 Å². The standard InChI is InChI=1S/C23H28N4O2/c1-16-12-21(18(3)27(16)22-13-17(2)29-25-22)23(28)24-14-20-10-7-11-26(20)15-19-8-5-4-6-9-19/h4-6,8-9,12-13,20H,7,10-11,14-15H2,1-3H3,(H,24,28). The van der Waals surface area contributed by atoms with E-state index in [-0.39, 0.29) is 5.91 Å². The minimum Gasteiger partial charge on any atom is -0.360 e. The van der Waals surface area contributed by atoms with E-state index in [2.05, 4.69) is 39.6 Å². The molecule has 6 nitrogen and oxygen atoms in total. The number of hydrogen-bond donors (Lipinski definition) is 1. The highest BCUT2D eigenvalue weighted by atomic mass is 16.5. The number of nitrogens with zero attached hydrogens (tertiary/aromatic N) is 3. The molecule has 3 heterocycles. The molecule has 0 bridgehead atoms. The molecule has 3 aromatic rings. The molecule has 1 atom stereocenters.